The maximum absolute atomic E-state index is 12.5. The summed E-state index contributed by atoms with van der Waals surface area (Å²) in [7, 11) is 0. The average Bonchev–Trinajstić information content (AvgIpc) is 3.06. The number of aryl methyl sites for hydroxylation is 1. The van der Waals surface area contributed by atoms with Gasteiger partial charge >= 0.3 is 0 Å². The van der Waals surface area contributed by atoms with E-state index in [1.807, 2.05) is 31.2 Å². The van der Waals surface area contributed by atoms with Crippen molar-refractivity contribution in [2.45, 2.75) is 32.1 Å². The minimum Gasteiger partial charge on any atom is -0.310 e. The molecule has 3 atom stereocenters. The van der Waals surface area contributed by atoms with Crippen LogP contribution in [0, 0.1) is 18.8 Å². The van der Waals surface area contributed by atoms with Crippen LogP contribution < -0.4 is 5.56 Å². The minimum absolute atomic E-state index is 0.0413. The first-order chi connectivity index (χ1) is 10.1. The number of hydrogen-bond donors (Lipinski definition) is 1. The van der Waals surface area contributed by atoms with Crippen molar-refractivity contribution in [3.8, 4) is 11.1 Å². The van der Waals surface area contributed by atoms with Crippen molar-refractivity contribution in [1.82, 2.24) is 9.97 Å². The Labute approximate surface area is 128 Å². The van der Waals surface area contributed by atoms with Crippen molar-refractivity contribution in [1.29, 1.82) is 0 Å². The number of rotatable bonds is 2. The Morgan fingerprint density at radius 1 is 1.14 bits per heavy atom. The van der Waals surface area contributed by atoms with E-state index < -0.39 is 0 Å². The van der Waals surface area contributed by atoms with Gasteiger partial charge in [-0.05, 0) is 55.7 Å². The topological polar surface area (TPSA) is 45.8 Å². The van der Waals surface area contributed by atoms with E-state index in [4.69, 9.17) is 11.6 Å². The molecular weight excluding hydrogens is 284 g/mol. The van der Waals surface area contributed by atoms with Gasteiger partial charge in [-0.1, -0.05) is 23.7 Å². The molecule has 1 N–H and O–H groups in total. The second-order valence-electron chi connectivity index (χ2n) is 6.34. The van der Waals surface area contributed by atoms with Crippen molar-refractivity contribution >= 4 is 11.6 Å². The summed E-state index contributed by atoms with van der Waals surface area (Å²) in [6.45, 7) is 1.85. The molecule has 1 aromatic heterocycles. The molecule has 0 spiro atoms. The van der Waals surface area contributed by atoms with E-state index in [0.717, 1.165) is 28.7 Å². The van der Waals surface area contributed by atoms with E-state index in [1.165, 1.54) is 19.3 Å². The summed E-state index contributed by atoms with van der Waals surface area (Å²) in [5.74, 6) is 2.87. The minimum atomic E-state index is -0.0413. The SMILES string of the molecule is Cc1nc(C2C[C@@H]3C[C@@H]3C2)c(-c2ccc(Cl)cc2)c(=O)[nH]1. The van der Waals surface area contributed by atoms with Crippen molar-refractivity contribution in [2.24, 2.45) is 11.8 Å². The molecule has 0 aliphatic heterocycles. The molecule has 2 aromatic rings. The highest BCUT2D eigenvalue weighted by atomic mass is 35.5. The van der Waals surface area contributed by atoms with Crippen LogP contribution >= 0.6 is 11.6 Å². The number of fused-ring (bicyclic) bond motifs is 1. The molecular formula is C17H17ClN2O. The van der Waals surface area contributed by atoms with Gasteiger partial charge in [0.05, 0.1) is 11.3 Å². The molecule has 0 radical (unpaired) electrons. The number of nitrogens with zero attached hydrogens (tertiary/aromatic N) is 1. The Balaban J connectivity index is 1.84. The van der Waals surface area contributed by atoms with E-state index in [0.29, 0.717) is 16.8 Å². The zero-order valence-corrected chi connectivity index (χ0v) is 12.7. The van der Waals surface area contributed by atoms with Gasteiger partial charge in [0.2, 0.25) is 0 Å². The monoisotopic (exact) mass is 300 g/mol. The van der Waals surface area contributed by atoms with Crippen LogP contribution in [0.1, 0.15) is 36.7 Å². The molecule has 0 amide bonds. The molecule has 1 aromatic carbocycles. The summed E-state index contributed by atoms with van der Waals surface area (Å²) >= 11 is 5.95. The maximum atomic E-state index is 12.5. The van der Waals surface area contributed by atoms with Gasteiger partial charge < -0.3 is 4.98 Å². The summed E-state index contributed by atoms with van der Waals surface area (Å²) in [5.41, 5.74) is 2.57. The van der Waals surface area contributed by atoms with Crippen LogP contribution in [0.3, 0.4) is 0 Å². The predicted octanol–water partition coefficient (Wildman–Crippen LogP) is 3.91. The number of halogens is 1. The fourth-order valence-corrected chi connectivity index (χ4v) is 3.86. The van der Waals surface area contributed by atoms with Crippen LogP contribution in [-0.2, 0) is 0 Å². The van der Waals surface area contributed by atoms with Crippen molar-refractivity contribution in [3.05, 3.63) is 51.2 Å². The van der Waals surface area contributed by atoms with Crippen LogP contribution in [0.4, 0.5) is 0 Å². The van der Waals surface area contributed by atoms with Crippen molar-refractivity contribution in [3.63, 3.8) is 0 Å². The second-order valence-corrected chi connectivity index (χ2v) is 6.78. The summed E-state index contributed by atoms with van der Waals surface area (Å²) in [6, 6.07) is 7.46. The summed E-state index contributed by atoms with van der Waals surface area (Å²) in [6.07, 6.45) is 3.73. The predicted molar refractivity (Wildman–Crippen MR) is 83.6 cm³/mol. The van der Waals surface area contributed by atoms with Gasteiger partial charge in [-0.15, -0.1) is 0 Å². The largest absolute Gasteiger partial charge is 0.310 e. The highest BCUT2D eigenvalue weighted by molar-refractivity contribution is 6.30. The standard InChI is InChI=1S/C17H17ClN2O/c1-9-19-16(13-7-11-6-12(11)8-13)15(17(21)20-9)10-2-4-14(18)5-3-10/h2-5,11-13H,6-8H2,1H3,(H,19,20,21)/t11-,12+,13?. The first-order valence-corrected chi connectivity index (χ1v) is 7.86. The first kappa shape index (κ1) is 13.1. The molecule has 0 bridgehead atoms. The Hall–Kier alpha value is -1.61. The lowest BCUT2D eigenvalue weighted by Crippen LogP contribution is -2.18. The van der Waals surface area contributed by atoms with Gasteiger partial charge in [-0.3, -0.25) is 4.79 Å². The zero-order valence-electron chi connectivity index (χ0n) is 11.9. The number of aromatic amines is 1. The Morgan fingerprint density at radius 3 is 2.48 bits per heavy atom. The summed E-state index contributed by atoms with van der Waals surface area (Å²) < 4.78 is 0. The molecule has 2 fully saturated rings. The molecule has 2 aliphatic carbocycles. The molecule has 0 saturated heterocycles. The van der Waals surface area contributed by atoms with Gasteiger partial charge in [0.15, 0.2) is 0 Å². The molecule has 21 heavy (non-hydrogen) atoms. The van der Waals surface area contributed by atoms with Crippen LogP contribution in [0.5, 0.6) is 0 Å². The lowest BCUT2D eigenvalue weighted by molar-refractivity contribution is 0.605. The maximum Gasteiger partial charge on any atom is 0.259 e. The van der Waals surface area contributed by atoms with Gasteiger partial charge in [0.1, 0.15) is 5.82 Å². The van der Waals surface area contributed by atoms with Crippen LogP contribution in [0.15, 0.2) is 29.1 Å². The average molecular weight is 301 g/mol. The van der Waals surface area contributed by atoms with Crippen molar-refractivity contribution < 1.29 is 0 Å². The third-order valence-corrected chi connectivity index (χ3v) is 5.08. The lowest BCUT2D eigenvalue weighted by atomic mass is 9.92. The number of hydrogen-bond acceptors (Lipinski definition) is 2. The third-order valence-electron chi connectivity index (χ3n) is 4.83. The van der Waals surface area contributed by atoms with Crippen LogP contribution in [0.25, 0.3) is 11.1 Å². The van der Waals surface area contributed by atoms with Crippen LogP contribution in [0.2, 0.25) is 5.02 Å². The number of nitrogens with one attached hydrogen (secondary N) is 1. The number of H-pyrrole nitrogens is 1. The highest BCUT2D eigenvalue weighted by Gasteiger charge is 2.47. The summed E-state index contributed by atoms with van der Waals surface area (Å²) in [4.78, 5) is 20.0. The molecule has 2 aliphatic rings. The smallest absolute Gasteiger partial charge is 0.259 e. The zero-order chi connectivity index (χ0) is 14.6. The molecule has 2 saturated carbocycles. The molecule has 1 heterocycles. The van der Waals surface area contributed by atoms with Gasteiger partial charge in [-0.25, -0.2) is 4.98 Å². The van der Waals surface area contributed by atoms with Gasteiger partial charge in [0, 0.05) is 10.9 Å². The Morgan fingerprint density at radius 2 is 1.81 bits per heavy atom. The normalized spacial score (nSPS) is 26.7. The van der Waals surface area contributed by atoms with E-state index in [9.17, 15) is 4.79 Å². The Bertz CT molecular complexity index is 740. The number of benzene rings is 1. The second kappa shape index (κ2) is 4.70. The van der Waals surface area contributed by atoms with Crippen molar-refractivity contribution in [2.75, 3.05) is 0 Å². The first-order valence-electron chi connectivity index (χ1n) is 7.48. The molecule has 108 valence electrons. The van der Waals surface area contributed by atoms with Gasteiger partial charge in [-0.2, -0.15) is 0 Å². The lowest BCUT2D eigenvalue weighted by Gasteiger charge is -2.16. The molecule has 1 unspecified atom stereocenters. The van der Waals surface area contributed by atoms with Crippen LogP contribution in [-0.4, -0.2) is 9.97 Å². The quantitative estimate of drug-likeness (QED) is 0.914. The van der Waals surface area contributed by atoms with E-state index in [1.54, 1.807) is 0 Å². The third kappa shape index (κ3) is 2.30. The Kier molecular flexibility index (Phi) is 2.93. The molecule has 4 rings (SSSR count). The fraction of sp³-hybridized carbons (Fsp3) is 0.412. The van der Waals surface area contributed by atoms with E-state index >= 15 is 0 Å². The number of aromatic nitrogens is 2. The van der Waals surface area contributed by atoms with E-state index in [2.05, 4.69) is 9.97 Å². The fourth-order valence-electron chi connectivity index (χ4n) is 3.74. The van der Waals surface area contributed by atoms with E-state index in [-0.39, 0.29) is 5.56 Å². The molecule has 3 nitrogen and oxygen atoms in total. The molecule has 4 heteroatoms. The summed E-state index contributed by atoms with van der Waals surface area (Å²) in [5, 5.41) is 0.680. The highest BCUT2D eigenvalue weighted by Crippen LogP contribution is 2.57. The van der Waals surface area contributed by atoms with Gasteiger partial charge in [0.25, 0.3) is 5.56 Å².